The monoisotopic (exact) mass is 257 g/mol. The summed E-state index contributed by atoms with van der Waals surface area (Å²) in [5.74, 6) is 0.897. The van der Waals surface area contributed by atoms with Crippen molar-refractivity contribution in [3.63, 3.8) is 0 Å². The molecule has 2 unspecified atom stereocenters. The van der Waals surface area contributed by atoms with Crippen LogP contribution in [0.15, 0.2) is 24.4 Å². The van der Waals surface area contributed by atoms with E-state index in [0.29, 0.717) is 11.7 Å². The van der Waals surface area contributed by atoms with Crippen molar-refractivity contribution in [2.45, 2.75) is 38.8 Å². The lowest BCUT2D eigenvalue weighted by Crippen LogP contribution is -2.19. The van der Waals surface area contributed by atoms with E-state index >= 15 is 0 Å². The summed E-state index contributed by atoms with van der Waals surface area (Å²) in [7, 11) is 0. The van der Waals surface area contributed by atoms with Crippen LogP contribution >= 0.6 is 0 Å². The van der Waals surface area contributed by atoms with Gasteiger partial charge < -0.3 is 10.4 Å². The van der Waals surface area contributed by atoms with Crippen LogP contribution in [0.25, 0.3) is 0 Å². The van der Waals surface area contributed by atoms with Gasteiger partial charge in [0.15, 0.2) is 0 Å². The highest BCUT2D eigenvalue weighted by molar-refractivity contribution is 5.50. The Balaban J connectivity index is 1.85. The Kier molecular flexibility index (Phi) is 3.03. The zero-order valence-corrected chi connectivity index (χ0v) is 11.3. The van der Waals surface area contributed by atoms with Crippen LogP contribution in [0, 0.1) is 6.92 Å². The molecular weight excluding hydrogens is 238 g/mol. The van der Waals surface area contributed by atoms with Gasteiger partial charge in [0.2, 0.25) is 0 Å². The molecule has 19 heavy (non-hydrogen) atoms. The summed E-state index contributed by atoms with van der Waals surface area (Å²) in [6.45, 7) is 5.08. The molecule has 2 aromatic rings. The molecule has 0 spiro atoms. The van der Waals surface area contributed by atoms with Crippen LogP contribution in [0.4, 0.5) is 0 Å². The van der Waals surface area contributed by atoms with Crippen molar-refractivity contribution in [3.8, 4) is 5.75 Å². The first-order valence-corrected chi connectivity index (χ1v) is 6.71. The van der Waals surface area contributed by atoms with Crippen LogP contribution in [0.3, 0.4) is 0 Å². The lowest BCUT2D eigenvalue weighted by molar-refractivity contribution is 0.444. The van der Waals surface area contributed by atoms with Crippen molar-refractivity contribution >= 4 is 0 Å². The number of aromatic amines is 1. The minimum Gasteiger partial charge on any atom is -0.508 e. The van der Waals surface area contributed by atoms with Crippen molar-refractivity contribution in [1.82, 2.24) is 15.5 Å². The maximum Gasteiger partial charge on any atom is 0.120 e. The molecule has 1 aromatic carbocycles. The maximum atomic E-state index is 10.1. The third-order valence-electron chi connectivity index (χ3n) is 4.01. The first-order chi connectivity index (χ1) is 9.16. The molecule has 3 rings (SSSR count). The Morgan fingerprint density at radius 3 is 2.95 bits per heavy atom. The van der Waals surface area contributed by atoms with Gasteiger partial charge in [0, 0.05) is 30.0 Å². The Morgan fingerprint density at radius 1 is 1.37 bits per heavy atom. The predicted molar refractivity (Wildman–Crippen MR) is 74.0 cm³/mol. The minimum atomic E-state index is 0.216. The average molecular weight is 257 g/mol. The molecule has 0 saturated heterocycles. The summed E-state index contributed by atoms with van der Waals surface area (Å²) in [4.78, 5) is 0. The summed E-state index contributed by atoms with van der Waals surface area (Å²) in [6, 6.07) is 5.98. The van der Waals surface area contributed by atoms with E-state index in [-0.39, 0.29) is 6.04 Å². The van der Waals surface area contributed by atoms with Gasteiger partial charge in [0.1, 0.15) is 5.75 Å². The minimum absolute atomic E-state index is 0.216. The van der Waals surface area contributed by atoms with E-state index in [1.54, 1.807) is 12.3 Å². The predicted octanol–water partition coefficient (Wildman–Crippen LogP) is 2.76. The van der Waals surface area contributed by atoms with Gasteiger partial charge in [-0.1, -0.05) is 13.0 Å². The number of aromatic nitrogens is 2. The maximum absolute atomic E-state index is 10.1. The van der Waals surface area contributed by atoms with Gasteiger partial charge in [-0.25, -0.2) is 0 Å². The van der Waals surface area contributed by atoms with Gasteiger partial charge in [0.25, 0.3) is 0 Å². The van der Waals surface area contributed by atoms with Crippen LogP contribution in [-0.2, 0) is 6.54 Å². The van der Waals surface area contributed by atoms with E-state index in [0.717, 1.165) is 24.2 Å². The van der Waals surface area contributed by atoms with E-state index in [2.05, 4.69) is 29.4 Å². The largest absolute Gasteiger partial charge is 0.508 e. The Labute approximate surface area is 112 Å². The molecule has 1 aromatic heterocycles. The van der Waals surface area contributed by atoms with Gasteiger partial charge in [-0.2, -0.15) is 5.10 Å². The third kappa shape index (κ3) is 2.12. The molecule has 0 amide bonds. The molecular formula is C15H19N3O. The van der Waals surface area contributed by atoms with Crippen molar-refractivity contribution in [3.05, 3.63) is 46.8 Å². The van der Waals surface area contributed by atoms with Crippen LogP contribution in [0.5, 0.6) is 5.75 Å². The van der Waals surface area contributed by atoms with Gasteiger partial charge >= 0.3 is 0 Å². The smallest absolute Gasteiger partial charge is 0.120 e. The molecule has 0 aliphatic heterocycles. The second-order valence-corrected chi connectivity index (χ2v) is 5.38. The Bertz CT molecular complexity index is 577. The molecule has 3 N–H and O–H groups in total. The van der Waals surface area contributed by atoms with Crippen molar-refractivity contribution in [2.24, 2.45) is 0 Å². The third-order valence-corrected chi connectivity index (χ3v) is 4.01. The van der Waals surface area contributed by atoms with Gasteiger partial charge in [-0.15, -0.1) is 0 Å². The lowest BCUT2D eigenvalue weighted by atomic mass is 9.97. The number of aromatic hydroxyl groups is 1. The molecule has 0 saturated carbocycles. The summed E-state index contributed by atoms with van der Waals surface area (Å²) in [6.07, 6.45) is 2.78. The number of H-pyrrole nitrogens is 1. The standard InChI is InChI=1S/C15H19N3O/c1-9-3-4-13(19)15-12(7-10(2)14(9)15)16-8-11-5-6-17-18-11/h3-6,10,12,16,19H,7-8H2,1-2H3,(H,17,18). The number of nitrogens with zero attached hydrogens (tertiary/aromatic N) is 1. The molecule has 1 aliphatic rings. The summed E-state index contributed by atoms with van der Waals surface area (Å²) in [5, 5.41) is 20.5. The number of phenolic OH excluding ortho intramolecular Hbond substituents is 1. The number of phenols is 1. The van der Waals surface area contributed by atoms with Gasteiger partial charge in [-0.3, -0.25) is 5.10 Å². The molecule has 0 fully saturated rings. The highest BCUT2D eigenvalue weighted by Gasteiger charge is 2.31. The molecule has 1 heterocycles. The number of aryl methyl sites for hydroxylation is 1. The quantitative estimate of drug-likeness (QED) is 0.792. The fourth-order valence-electron chi connectivity index (χ4n) is 3.15. The fraction of sp³-hybridized carbons (Fsp3) is 0.400. The molecule has 100 valence electrons. The first-order valence-electron chi connectivity index (χ1n) is 6.71. The van der Waals surface area contributed by atoms with Crippen molar-refractivity contribution in [1.29, 1.82) is 0 Å². The number of hydrogen-bond acceptors (Lipinski definition) is 3. The van der Waals surface area contributed by atoms with Crippen molar-refractivity contribution in [2.75, 3.05) is 0 Å². The molecule has 4 heteroatoms. The van der Waals surface area contributed by atoms with E-state index in [1.165, 1.54) is 11.1 Å². The van der Waals surface area contributed by atoms with Gasteiger partial charge in [0.05, 0.1) is 0 Å². The highest BCUT2D eigenvalue weighted by Crippen LogP contribution is 2.45. The van der Waals surface area contributed by atoms with Crippen LogP contribution in [0.2, 0.25) is 0 Å². The summed E-state index contributed by atoms with van der Waals surface area (Å²) < 4.78 is 0. The molecule has 2 atom stereocenters. The van der Waals surface area contributed by atoms with Gasteiger partial charge in [-0.05, 0) is 42.5 Å². The SMILES string of the molecule is Cc1ccc(O)c2c1C(C)CC2NCc1ccn[nH]1. The highest BCUT2D eigenvalue weighted by atomic mass is 16.3. The zero-order valence-electron chi connectivity index (χ0n) is 11.3. The molecule has 0 radical (unpaired) electrons. The average Bonchev–Trinajstić information content (AvgIpc) is 2.99. The van der Waals surface area contributed by atoms with Crippen molar-refractivity contribution < 1.29 is 5.11 Å². The summed E-state index contributed by atoms with van der Waals surface area (Å²) in [5.41, 5.74) is 4.72. The zero-order chi connectivity index (χ0) is 13.4. The molecule has 0 bridgehead atoms. The van der Waals surface area contributed by atoms with E-state index in [4.69, 9.17) is 0 Å². The number of rotatable bonds is 3. The number of benzene rings is 1. The fourth-order valence-corrected chi connectivity index (χ4v) is 3.15. The Hall–Kier alpha value is -1.81. The van der Waals surface area contributed by atoms with E-state index < -0.39 is 0 Å². The molecule has 1 aliphatic carbocycles. The Morgan fingerprint density at radius 2 is 2.21 bits per heavy atom. The summed E-state index contributed by atoms with van der Waals surface area (Å²) >= 11 is 0. The topological polar surface area (TPSA) is 60.9 Å². The normalized spacial score (nSPS) is 21.6. The van der Waals surface area contributed by atoms with E-state index in [9.17, 15) is 5.11 Å². The van der Waals surface area contributed by atoms with Crippen LogP contribution in [-0.4, -0.2) is 15.3 Å². The number of fused-ring (bicyclic) bond motifs is 1. The van der Waals surface area contributed by atoms with Crippen LogP contribution in [0.1, 0.15) is 47.7 Å². The number of nitrogens with one attached hydrogen (secondary N) is 2. The lowest BCUT2D eigenvalue weighted by Gasteiger charge is -2.15. The second kappa shape index (κ2) is 4.70. The molecule has 4 nitrogen and oxygen atoms in total. The van der Waals surface area contributed by atoms with Crippen LogP contribution < -0.4 is 5.32 Å². The van der Waals surface area contributed by atoms with E-state index in [1.807, 2.05) is 12.1 Å². The number of hydrogen-bond donors (Lipinski definition) is 3. The second-order valence-electron chi connectivity index (χ2n) is 5.38. The first kappa shape index (κ1) is 12.2.